The molecule has 0 aliphatic heterocycles. The number of halogens is 1. The highest BCUT2D eigenvalue weighted by Gasteiger charge is 2.26. The highest BCUT2D eigenvalue weighted by Crippen LogP contribution is 2.20. The highest BCUT2D eigenvalue weighted by atomic mass is 35.5. The van der Waals surface area contributed by atoms with Gasteiger partial charge in [0, 0.05) is 12.1 Å². The number of rotatable bonds is 4. The second-order valence-electron chi connectivity index (χ2n) is 4.63. The van der Waals surface area contributed by atoms with Crippen molar-refractivity contribution < 1.29 is 13.2 Å². The van der Waals surface area contributed by atoms with Gasteiger partial charge in [-0.05, 0) is 26.0 Å². The normalized spacial score (nSPS) is 12.2. The summed E-state index contributed by atoms with van der Waals surface area (Å²) >= 11 is 5.68. The first-order valence-electron chi connectivity index (χ1n) is 5.20. The lowest BCUT2D eigenvalue weighted by Crippen LogP contribution is -2.32. The summed E-state index contributed by atoms with van der Waals surface area (Å²) in [5.41, 5.74) is -0.262. The fourth-order valence-corrected chi connectivity index (χ4v) is 1.72. The van der Waals surface area contributed by atoms with Gasteiger partial charge in [-0.2, -0.15) is 0 Å². The van der Waals surface area contributed by atoms with Gasteiger partial charge in [-0.1, -0.05) is 0 Å². The van der Waals surface area contributed by atoms with Crippen LogP contribution in [-0.2, 0) is 14.6 Å². The molecule has 0 spiro atoms. The second-order valence-corrected chi connectivity index (χ2v) is 6.86. The molecule has 100 valence electrons. The number of pyridine rings is 1. The predicted octanol–water partition coefficient (Wildman–Crippen LogP) is 1.69. The third kappa shape index (κ3) is 3.68. The zero-order chi connectivity index (χ0) is 14.0. The van der Waals surface area contributed by atoms with Crippen LogP contribution in [0.4, 0.5) is 5.69 Å². The van der Waals surface area contributed by atoms with Gasteiger partial charge in [-0.3, -0.25) is 4.79 Å². The summed E-state index contributed by atoms with van der Waals surface area (Å²) in [4.78, 5) is 15.6. The molecule has 0 aliphatic rings. The van der Waals surface area contributed by atoms with Crippen LogP contribution in [0.1, 0.15) is 13.8 Å². The number of hydrogen-bond donors (Lipinski definition) is 1. The van der Waals surface area contributed by atoms with E-state index < -0.39 is 15.3 Å². The van der Waals surface area contributed by atoms with Crippen LogP contribution in [0, 0.1) is 5.41 Å². The first-order valence-corrected chi connectivity index (χ1v) is 7.63. The van der Waals surface area contributed by atoms with Crippen molar-refractivity contribution in [1.29, 1.82) is 0 Å². The van der Waals surface area contributed by atoms with Crippen LogP contribution in [0.15, 0.2) is 23.4 Å². The summed E-state index contributed by atoms with van der Waals surface area (Å²) < 4.78 is 22.4. The molecule has 1 aromatic heterocycles. The molecule has 5 nitrogen and oxygen atoms in total. The van der Waals surface area contributed by atoms with Gasteiger partial charge in [0.05, 0.1) is 17.3 Å². The molecular weight excluding hydrogens is 276 g/mol. The van der Waals surface area contributed by atoms with E-state index in [0.29, 0.717) is 5.69 Å². The van der Waals surface area contributed by atoms with Crippen LogP contribution in [0.2, 0.25) is 0 Å². The molecule has 0 radical (unpaired) electrons. The van der Waals surface area contributed by atoms with Crippen LogP contribution in [-0.4, -0.2) is 31.4 Å². The molecule has 1 rings (SSSR count). The van der Waals surface area contributed by atoms with E-state index in [4.69, 9.17) is 11.6 Å². The van der Waals surface area contributed by atoms with Gasteiger partial charge in [0.25, 0.3) is 0 Å². The quantitative estimate of drug-likeness (QED) is 0.856. The van der Waals surface area contributed by atoms with Crippen LogP contribution in [0.5, 0.6) is 0 Å². The van der Waals surface area contributed by atoms with E-state index in [1.807, 2.05) is 0 Å². The van der Waals surface area contributed by atoms with E-state index in [-0.39, 0.29) is 16.8 Å². The molecular formula is C11H15ClN2O3S. The number of hydrogen-bond acceptors (Lipinski definition) is 4. The van der Waals surface area contributed by atoms with Gasteiger partial charge in [-0.25, -0.2) is 13.4 Å². The van der Waals surface area contributed by atoms with E-state index in [2.05, 4.69) is 10.3 Å². The number of amides is 1. The van der Waals surface area contributed by atoms with E-state index >= 15 is 0 Å². The van der Waals surface area contributed by atoms with Crippen molar-refractivity contribution in [3.8, 4) is 0 Å². The van der Waals surface area contributed by atoms with Gasteiger partial charge in [0.1, 0.15) is 0 Å². The van der Waals surface area contributed by atoms with Crippen LogP contribution < -0.4 is 5.32 Å². The zero-order valence-electron chi connectivity index (χ0n) is 10.4. The Kier molecular flexibility index (Phi) is 4.34. The minimum Gasteiger partial charge on any atom is -0.324 e. The number of aromatic nitrogens is 1. The Hall–Kier alpha value is -1.14. The SMILES string of the molecule is CC(C)(CCl)C(=O)Nc1ccc(S(C)(=O)=O)nc1. The number of carbonyl (C=O) groups is 1. The molecule has 1 amide bonds. The Balaban J connectivity index is 2.86. The number of sulfone groups is 1. The fraction of sp³-hybridized carbons (Fsp3) is 0.455. The maximum atomic E-state index is 11.8. The number of nitrogens with zero attached hydrogens (tertiary/aromatic N) is 1. The summed E-state index contributed by atoms with van der Waals surface area (Å²) in [6.45, 7) is 3.43. The van der Waals surface area contributed by atoms with Crippen molar-refractivity contribution in [3.05, 3.63) is 18.3 Å². The van der Waals surface area contributed by atoms with Crippen molar-refractivity contribution in [1.82, 2.24) is 4.98 Å². The van der Waals surface area contributed by atoms with Crippen molar-refractivity contribution >= 4 is 33.0 Å². The maximum Gasteiger partial charge on any atom is 0.231 e. The van der Waals surface area contributed by atoms with E-state index in [0.717, 1.165) is 6.26 Å². The Bertz CT molecular complexity index is 538. The number of carbonyl (C=O) groups excluding carboxylic acids is 1. The molecule has 0 aromatic carbocycles. The topological polar surface area (TPSA) is 76.1 Å². The maximum absolute atomic E-state index is 11.8. The average molecular weight is 291 g/mol. The summed E-state index contributed by atoms with van der Waals surface area (Å²) in [5.74, 6) is -0.0559. The molecule has 1 heterocycles. The minimum atomic E-state index is -3.33. The third-order valence-electron chi connectivity index (χ3n) is 2.32. The molecule has 0 bridgehead atoms. The summed E-state index contributed by atoms with van der Waals surface area (Å²) in [5, 5.41) is 2.60. The molecule has 1 N–H and O–H groups in total. The Labute approximate surface area is 111 Å². The number of anilines is 1. The van der Waals surface area contributed by atoms with E-state index in [9.17, 15) is 13.2 Å². The lowest BCUT2D eigenvalue weighted by Gasteiger charge is -2.20. The summed E-state index contributed by atoms with van der Waals surface area (Å²) in [6, 6.07) is 2.84. The van der Waals surface area contributed by atoms with Gasteiger partial charge in [-0.15, -0.1) is 11.6 Å². The van der Waals surface area contributed by atoms with Gasteiger partial charge in [0.15, 0.2) is 14.9 Å². The smallest absolute Gasteiger partial charge is 0.231 e. The van der Waals surface area contributed by atoms with Gasteiger partial charge >= 0.3 is 0 Å². The van der Waals surface area contributed by atoms with E-state index in [1.165, 1.54) is 18.3 Å². The zero-order valence-corrected chi connectivity index (χ0v) is 12.0. The first kappa shape index (κ1) is 14.9. The van der Waals surface area contributed by atoms with Crippen LogP contribution in [0.3, 0.4) is 0 Å². The Morgan fingerprint density at radius 2 is 2.06 bits per heavy atom. The molecule has 1 aromatic rings. The standard InChI is InChI=1S/C11H15ClN2O3S/c1-11(2,7-12)10(15)14-8-4-5-9(13-6-8)18(3,16)17/h4-6H,7H2,1-3H3,(H,14,15). The lowest BCUT2D eigenvalue weighted by atomic mass is 9.95. The summed E-state index contributed by atoms with van der Waals surface area (Å²) in [6.07, 6.45) is 2.38. The third-order valence-corrected chi connectivity index (χ3v) is 3.99. The number of alkyl halides is 1. The first-order chi connectivity index (χ1) is 8.16. The van der Waals surface area contributed by atoms with Crippen LogP contribution in [0.25, 0.3) is 0 Å². The second kappa shape index (κ2) is 5.24. The fourth-order valence-electron chi connectivity index (χ4n) is 1.03. The van der Waals surface area contributed by atoms with Crippen molar-refractivity contribution in [2.75, 3.05) is 17.5 Å². The largest absolute Gasteiger partial charge is 0.324 e. The van der Waals surface area contributed by atoms with Crippen LogP contribution >= 0.6 is 11.6 Å². The Morgan fingerprint density at radius 1 is 1.44 bits per heavy atom. The van der Waals surface area contributed by atoms with Crippen molar-refractivity contribution in [3.63, 3.8) is 0 Å². The summed E-state index contributed by atoms with van der Waals surface area (Å²) in [7, 11) is -3.33. The molecule has 0 unspecified atom stereocenters. The van der Waals surface area contributed by atoms with Gasteiger partial charge in [0.2, 0.25) is 5.91 Å². The molecule has 0 atom stereocenters. The van der Waals surface area contributed by atoms with Crippen molar-refractivity contribution in [2.24, 2.45) is 5.41 Å². The molecule has 0 fully saturated rings. The van der Waals surface area contributed by atoms with Crippen molar-refractivity contribution in [2.45, 2.75) is 18.9 Å². The molecule has 0 saturated carbocycles. The minimum absolute atomic E-state index is 0.0305. The highest BCUT2D eigenvalue weighted by molar-refractivity contribution is 7.90. The number of nitrogens with one attached hydrogen (secondary N) is 1. The molecule has 0 saturated heterocycles. The molecule has 7 heteroatoms. The average Bonchev–Trinajstić information content (AvgIpc) is 2.28. The lowest BCUT2D eigenvalue weighted by molar-refractivity contribution is -0.122. The molecule has 18 heavy (non-hydrogen) atoms. The van der Waals surface area contributed by atoms with E-state index in [1.54, 1.807) is 13.8 Å². The molecule has 0 aliphatic carbocycles. The Morgan fingerprint density at radius 3 is 2.44 bits per heavy atom. The monoisotopic (exact) mass is 290 g/mol. The predicted molar refractivity (Wildman–Crippen MR) is 70.5 cm³/mol. The van der Waals surface area contributed by atoms with Gasteiger partial charge < -0.3 is 5.32 Å².